The Hall–Kier alpha value is -0.430. The predicted molar refractivity (Wildman–Crippen MR) is 66.7 cm³/mol. The van der Waals surface area contributed by atoms with Gasteiger partial charge in [-0.2, -0.15) is 0 Å². The molecule has 0 saturated carbocycles. The molecule has 1 unspecified atom stereocenters. The fourth-order valence-electron chi connectivity index (χ4n) is 1.32. The Labute approximate surface area is 110 Å². The fourth-order valence-corrected chi connectivity index (χ4v) is 3.04. The molecule has 4 nitrogen and oxygen atoms in total. The maximum absolute atomic E-state index is 9.97. The zero-order valence-electron chi connectivity index (χ0n) is 8.39. The van der Waals surface area contributed by atoms with E-state index in [9.17, 15) is 5.11 Å². The Morgan fingerprint density at radius 1 is 1.69 bits per heavy atom. The number of aliphatic hydroxyl groups excluding tert-OH is 1. The van der Waals surface area contributed by atoms with Crippen molar-refractivity contribution >= 4 is 38.9 Å². The summed E-state index contributed by atoms with van der Waals surface area (Å²) in [5.41, 5.74) is 0.760. The summed E-state index contributed by atoms with van der Waals surface area (Å²) in [5, 5.41) is 17.7. The topological polar surface area (TPSA) is 50.9 Å². The SMILES string of the molecule is Cn1cc(CC(O)c2cc(Br)c(Cl)s2)nn1. The van der Waals surface area contributed by atoms with E-state index in [4.69, 9.17) is 11.6 Å². The molecule has 16 heavy (non-hydrogen) atoms. The first-order chi connectivity index (χ1) is 7.56. The molecule has 2 aromatic rings. The van der Waals surface area contributed by atoms with E-state index in [0.717, 1.165) is 15.0 Å². The molecular weight excluding hydrogens is 314 g/mol. The first-order valence-electron chi connectivity index (χ1n) is 4.54. The summed E-state index contributed by atoms with van der Waals surface area (Å²) in [4.78, 5) is 0.822. The molecule has 0 aliphatic carbocycles. The van der Waals surface area contributed by atoms with Crippen LogP contribution in [0.25, 0.3) is 0 Å². The Balaban J connectivity index is 2.11. The van der Waals surface area contributed by atoms with E-state index < -0.39 is 6.10 Å². The van der Waals surface area contributed by atoms with Gasteiger partial charge in [0.1, 0.15) is 4.34 Å². The zero-order valence-corrected chi connectivity index (χ0v) is 11.6. The van der Waals surface area contributed by atoms with Gasteiger partial charge in [-0.25, -0.2) is 0 Å². The van der Waals surface area contributed by atoms with Gasteiger partial charge in [-0.15, -0.1) is 16.4 Å². The quantitative estimate of drug-likeness (QED) is 0.945. The standard InChI is InChI=1S/C9H9BrClN3OS/c1-14-4-5(12-13-14)2-7(15)8-3-6(10)9(11)16-8/h3-4,7,15H,2H2,1H3. The maximum atomic E-state index is 9.97. The Morgan fingerprint density at radius 3 is 2.94 bits per heavy atom. The molecule has 0 aliphatic rings. The molecule has 0 fully saturated rings. The number of aromatic nitrogens is 3. The van der Waals surface area contributed by atoms with E-state index in [1.165, 1.54) is 11.3 Å². The number of aryl methyl sites for hydroxylation is 1. The van der Waals surface area contributed by atoms with E-state index in [1.807, 2.05) is 6.07 Å². The van der Waals surface area contributed by atoms with E-state index in [-0.39, 0.29) is 0 Å². The smallest absolute Gasteiger partial charge is 0.107 e. The van der Waals surface area contributed by atoms with Gasteiger partial charge < -0.3 is 5.11 Å². The number of hydrogen-bond donors (Lipinski definition) is 1. The number of thiophene rings is 1. The van der Waals surface area contributed by atoms with Crippen molar-refractivity contribution in [1.29, 1.82) is 0 Å². The maximum Gasteiger partial charge on any atom is 0.107 e. The van der Waals surface area contributed by atoms with Crippen molar-refractivity contribution in [2.24, 2.45) is 7.05 Å². The lowest BCUT2D eigenvalue weighted by Gasteiger charge is -2.04. The Bertz CT molecular complexity index is 479. The van der Waals surface area contributed by atoms with Gasteiger partial charge in [-0.3, -0.25) is 4.68 Å². The van der Waals surface area contributed by atoms with Crippen molar-refractivity contribution in [2.75, 3.05) is 0 Å². The van der Waals surface area contributed by atoms with Crippen molar-refractivity contribution in [3.8, 4) is 0 Å². The Morgan fingerprint density at radius 2 is 2.44 bits per heavy atom. The zero-order chi connectivity index (χ0) is 11.7. The molecule has 7 heteroatoms. The highest BCUT2D eigenvalue weighted by Gasteiger charge is 2.15. The lowest BCUT2D eigenvalue weighted by Crippen LogP contribution is -1.99. The van der Waals surface area contributed by atoms with Crippen LogP contribution in [0.4, 0.5) is 0 Å². The van der Waals surface area contributed by atoms with Crippen LogP contribution in [0.5, 0.6) is 0 Å². The van der Waals surface area contributed by atoms with Gasteiger partial charge in [0.2, 0.25) is 0 Å². The van der Waals surface area contributed by atoms with Gasteiger partial charge in [-0.05, 0) is 22.0 Å². The summed E-state index contributed by atoms with van der Waals surface area (Å²) >= 11 is 10.6. The third kappa shape index (κ3) is 2.63. The largest absolute Gasteiger partial charge is 0.387 e. The summed E-state index contributed by atoms with van der Waals surface area (Å²) in [6.45, 7) is 0. The molecule has 0 bridgehead atoms. The van der Waals surface area contributed by atoms with E-state index in [1.54, 1.807) is 17.9 Å². The van der Waals surface area contributed by atoms with Gasteiger partial charge in [0.25, 0.3) is 0 Å². The number of hydrogen-bond acceptors (Lipinski definition) is 4. The summed E-state index contributed by atoms with van der Waals surface area (Å²) in [5.74, 6) is 0. The van der Waals surface area contributed by atoms with Gasteiger partial charge in [-0.1, -0.05) is 16.8 Å². The minimum Gasteiger partial charge on any atom is -0.387 e. The van der Waals surface area contributed by atoms with Gasteiger partial charge in [0, 0.05) is 29.0 Å². The Kier molecular flexibility index (Phi) is 3.63. The molecule has 0 radical (unpaired) electrons. The third-order valence-corrected chi connectivity index (χ3v) is 4.62. The van der Waals surface area contributed by atoms with Crippen LogP contribution >= 0.6 is 38.9 Å². The average Bonchev–Trinajstić information content (AvgIpc) is 2.75. The molecule has 0 aromatic carbocycles. The van der Waals surface area contributed by atoms with Crippen LogP contribution in [0.3, 0.4) is 0 Å². The monoisotopic (exact) mass is 321 g/mol. The molecule has 1 atom stereocenters. The molecule has 2 rings (SSSR count). The minimum absolute atomic E-state index is 0.442. The molecule has 86 valence electrons. The van der Waals surface area contributed by atoms with Crippen LogP contribution in [0.1, 0.15) is 16.7 Å². The van der Waals surface area contributed by atoms with Crippen LogP contribution in [0.2, 0.25) is 4.34 Å². The highest BCUT2D eigenvalue weighted by Crippen LogP contribution is 2.35. The van der Waals surface area contributed by atoms with Gasteiger partial charge in [0.15, 0.2) is 0 Å². The van der Waals surface area contributed by atoms with Crippen molar-refractivity contribution in [1.82, 2.24) is 15.0 Å². The van der Waals surface area contributed by atoms with Crippen molar-refractivity contribution in [3.63, 3.8) is 0 Å². The second-order valence-electron chi connectivity index (χ2n) is 3.37. The normalized spacial score (nSPS) is 13.0. The van der Waals surface area contributed by atoms with E-state index in [0.29, 0.717) is 10.8 Å². The molecule has 1 N–H and O–H groups in total. The molecule has 0 saturated heterocycles. The van der Waals surface area contributed by atoms with E-state index in [2.05, 4.69) is 26.2 Å². The van der Waals surface area contributed by atoms with Gasteiger partial charge in [0.05, 0.1) is 11.8 Å². The number of nitrogens with zero attached hydrogens (tertiary/aromatic N) is 3. The van der Waals surface area contributed by atoms with Gasteiger partial charge >= 0.3 is 0 Å². The van der Waals surface area contributed by atoms with Crippen LogP contribution in [0, 0.1) is 0 Å². The van der Waals surface area contributed by atoms with Crippen LogP contribution in [-0.4, -0.2) is 20.1 Å². The lowest BCUT2D eigenvalue weighted by atomic mass is 10.2. The lowest BCUT2D eigenvalue weighted by molar-refractivity contribution is 0.181. The summed E-state index contributed by atoms with van der Waals surface area (Å²) in [6, 6.07) is 1.83. The molecular formula is C9H9BrClN3OS. The molecule has 0 spiro atoms. The van der Waals surface area contributed by atoms with E-state index >= 15 is 0 Å². The number of aliphatic hydroxyl groups is 1. The minimum atomic E-state index is -0.592. The van der Waals surface area contributed by atoms with Crippen LogP contribution in [-0.2, 0) is 13.5 Å². The van der Waals surface area contributed by atoms with Crippen molar-refractivity contribution in [3.05, 3.63) is 31.6 Å². The van der Waals surface area contributed by atoms with Crippen LogP contribution in [0.15, 0.2) is 16.7 Å². The molecule has 2 aromatic heterocycles. The number of rotatable bonds is 3. The second-order valence-corrected chi connectivity index (χ2v) is 5.91. The fraction of sp³-hybridized carbons (Fsp3) is 0.333. The van der Waals surface area contributed by atoms with Crippen LogP contribution < -0.4 is 0 Å². The second kappa shape index (κ2) is 4.83. The average molecular weight is 323 g/mol. The third-order valence-electron chi connectivity index (χ3n) is 2.05. The first-order valence-corrected chi connectivity index (χ1v) is 6.53. The first kappa shape index (κ1) is 12.0. The highest BCUT2D eigenvalue weighted by atomic mass is 79.9. The molecule has 0 amide bonds. The summed E-state index contributed by atoms with van der Waals surface area (Å²) in [7, 11) is 1.79. The summed E-state index contributed by atoms with van der Waals surface area (Å²) in [6.07, 6.45) is 1.63. The predicted octanol–water partition coefficient (Wildman–Crippen LogP) is 2.57. The highest BCUT2D eigenvalue weighted by molar-refractivity contribution is 9.10. The van der Waals surface area contributed by atoms with Crippen molar-refractivity contribution in [2.45, 2.75) is 12.5 Å². The van der Waals surface area contributed by atoms with Crippen molar-refractivity contribution < 1.29 is 5.11 Å². The molecule has 0 aliphatic heterocycles. The number of halogens is 2. The molecule has 2 heterocycles. The summed E-state index contributed by atoms with van der Waals surface area (Å²) < 4.78 is 3.07.